The van der Waals surface area contributed by atoms with Crippen LogP contribution in [0.25, 0.3) is 0 Å². The number of carbonyl (C=O) groups is 4. The van der Waals surface area contributed by atoms with Gasteiger partial charge in [0.1, 0.15) is 29.7 Å². The maximum atomic E-state index is 14.7. The van der Waals surface area contributed by atoms with E-state index in [1.54, 1.807) is 102 Å². The molecule has 18 atom stereocenters. The highest BCUT2D eigenvalue weighted by atomic mass is 16.7. The number of likely N-dealkylation sites (N-methyl/N-ethyl adjacent to an activating group) is 1. The van der Waals surface area contributed by atoms with Crippen molar-refractivity contribution in [1.29, 1.82) is 0 Å². The first kappa shape index (κ1) is 56.6. The number of hydrogen-bond acceptors (Lipinski definition) is 16. The topological polar surface area (TPSA) is 195 Å². The van der Waals surface area contributed by atoms with Crippen LogP contribution in [0.3, 0.4) is 0 Å². The molecule has 2 aromatic rings. The molecule has 3 fully saturated rings. The molecule has 3 aliphatic rings. The molecule has 0 spiro atoms. The molecular formula is C54H77NO15. The minimum Gasteiger partial charge on any atom is -0.459 e. The number of Topliss-reactive ketones (excluding diaryl/α,β-unsaturated/α-hetero) is 1. The monoisotopic (exact) mass is 980 g/mol. The molecule has 0 aliphatic carbocycles. The van der Waals surface area contributed by atoms with Crippen LogP contribution in [-0.4, -0.2) is 151 Å². The van der Waals surface area contributed by atoms with Crippen molar-refractivity contribution >= 4 is 23.7 Å². The molecule has 0 unspecified atom stereocenters. The SMILES string of the molecule is C#CCO[C@@]1(C)C[C@@H](C)C(=O)[C@@H](C)[C@@H](O)[C@](C)(O)[C@H](CC)OC(=O)[C@H](C)[C@@H](O[C@H]2C[C@@](C)(OC)[C@@H](OC(=O)c3ccccc3)[C@H](C)O2)[C@H](C)[C@H]1O[C@@H]1O[C@H](C)C[C@H](N(C)C)[C@H]1OC(=O)c1ccccc1. The van der Waals surface area contributed by atoms with E-state index in [0.29, 0.717) is 17.5 Å². The van der Waals surface area contributed by atoms with Gasteiger partial charge in [-0.15, -0.1) is 6.42 Å². The summed E-state index contributed by atoms with van der Waals surface area (Å²) in [5, 5.41) is 23.7. The van der Waals surface area contributed by atoms with Crippen LogP contribution in [0.4, 0.5) is 0 Å². The van der Waals surface area contributed by atoms with Gasteiger partial charge in [0.2, 0.25) is 0 Å². The van der Waals surface area contributed by atoms with Crippen molar-refractivity contribution in [3.05, 3.63) is 71.8 Å². The summed E-state index contributed by atoms with van der Waals surface area (Å²) in [4.78, 5) is 58.4. The van der Waals surface area contributed by atoms with E-state index in [-0.39, 0.29) is 25.9 Å². The minimum atomic E-state index is -2.06. The number of aliphatic hydroxyl groups excluding tert-OH is 1. The van der Waals surface area contributed by atoms with Crippen LogP contribution in [0.5, 0.6) is 0 Å². The largest absolute Gasteiger partial charge is 0.459 e. The average Bonchev–Trinajstić information content (AvgIpc) is 3.33. The number of hydrogen-bond donors (Lipinski definition) is 2. The van der Waals surface area contributed by atoms with Crippen molar-refractivity contribution in [2.45, 2.75) is 179 Å². The van der Waals surface area contributed by atoms with E-state index in [9.17, 15) is 29.4 Å². The van der Waals surface area contributed by atoms with Crippen LogP contribution >= 0.6 is 0 Å². The Bertz CT molecular complexity index is 2100. The number of ketones is 1. The quantitative estimate of drug-likeness (QED) is 0.131. The molecule has 0 bridgehead atoms. The Morgan fingerprint density at radius 3 is 1.94 bits per heavy atom. The van der Waals surface area contributed by atoms with Crippen LogP contribution in [0.2, 0.25) is 0 Å². The summed E-state index contributed by atoms with van der Waals surface area (Å²) in [5.74, 6) is -3.80. The fourth-order valence-electron chi connectivity index (χ4n) is 10.6. The highest BCUT2D eigenvalue weighted by Crippen LogP contribution is 2.43. The van der Waals surface area contributed by atoms with Crippen molar-refractivity contribution in [2.24, 2.45) is 23.7 Å². The summed E-state index contributed by atoms with van der Waals surface area (Å²) in [6.07, 6.45) is -4.25. The first-order chi connectivity index (χ1) is 32.9. The van der Waals surface area contributed by atoms with E-state index in [2.05, 4.69) is 5.92 Å². The molecular weight excluding hydrogens is 903 g/mol. The Morgan fingerprint density at radius 2 is 1.40 bits per heavy atom. The number of rotatable bonds is 13. The second-order valence-electron chi connectivity index (χ2n) is 20.4. The summed E-state index contributed by atoms with van der Waals surface area (Å²) >= 11 is 0. The molecule has 0 aromatic heterocycles. The van der Waals surface area contributed by atoms with Crippen LogP contribution in [-0.2, 0) is 52.2 Å². The number of terminal acetylenes is 1. The molecule has 3 aliphatic heterocycles. The number of esters is 3. The zero-order valence-corrected chi connectivity index (χ0v) is 43.2. The Hall–Kier alpha value is -4.28. The Balaban J connectivity index is 1.66. The zero-order valence-electron chi connectivity index (χ0n) is 43.2. The third-order valence-electron chi connectivity index (χ3n) is 14.7. The van der Waals surface area contributed by atoms with Gasteiger partial charge in [0.15, 0.2) is 24.8 Å². The van der Waals surface area contributed by atoms with Gasteiger partial charge in [-0.3, -0.25) is 9.59 Å². The molecule has 2 aromatic carbocycles. The predicted octanol–water partition coefficient (Wildman–Crippen LogP) is 6.17. The predicted molar refractivity (Wildman–Crippen MR) is 258 cm³/mol. The van der Waals surface area contributed by atoms with Crippen molar-refractivity contribution in [3.63, 3.8) is 0 Å². The highest BCUT2D eigenvalue weighted by molar-refractivity contribution is 5.90. The molecule has 0 amide bonds. The van der Waals surface area contributed by atoms with Gasteiger partial charge in [0, 0.05) is 31.3 Å². The molecule has 16 heteroatoms. The van der Waals surface area contributed by atoms with Gasteiger partial charge in [-0.05, 0) is 99.2 Å². The Labute approximate surface area is 414 Å². The molecule has 3 heterocycles. The minimum absolute atomic E-state index is 0.0230. The summed E-state index contributed by atoms with van der Waals surface area (Å²) < 4.78 is 58.6. The van der Waals surface area contributed by atoms with Crippen LogP contribution < -0.4 is 0 Å². The van der Waals surface area contributed by atoms with E-state index >= 15 is 0 Å². The van der Waals surface area contributed by atoms with Gasteiger partial charge >= 0.3 is 17.9 Å². The molecule has 0 radical (unpaired) electrons. The van der Waals surface area contributed by atoms with Crippen molar-refractivity contribution in [3.8, 4) is 12.3 Å². The number of cyclic esters (lactones) is 1. The van der Waals surface area contributed by atoms with Gasteiger partial charge in [0.05, 0.1) is 59.2 Å². The molecule has 3 saturated heterocycles. The highest BCUT2D eigenvalue weighted by Gasteiger charge is 2.55. The van der Waals surface area contributed by atoms with Gasteiger partial charge in [0.25, 0.3) is 0 Å². The first-order valence-corrected chi connectivity index (χ1v) is 24.5. The van der Waals surface area contributed by atoms with E-state index in [1.807, 2.05) is 32.8 Å². The van der Waals surface area contributed by atoms with E-state index in [1.165, 1.54) is 21.0 Å². The Morgan fingerprint density at radius 1 is 0.814 bits per heavy atom. The average molecular weight is 980 g/mol. The summed E-state index contributed by atoms with van der Waals surface area (Å²) in [6, 6.07) is 16.7. The summed E-state index contributed by atoms with van der Waals surface area (Å²) in [7, 11) is 5.25. The van der Waals surface area contributed by atoms with Gasteiger partial charge in [-0.2, -0.15) is 0 Å². The van der Waals surface area contributed by atoms with Crippen molar-refractivity contribution in [1.82, 2.24) is 4.90 Å². The fraction of sp³-hybridized carbons (Fsp3) is 0.667. The molecule has 388 valence electrons. The maximum absolute atomic E-state index is 14.7. The number of carbonyl (C=O) groups excluding carboxylic acids is 4. The Kier molecular flexibility index (Phi) is 19.4. The first-order valence-electron chi connectivity index (χ1n) is 24.5. The molecule has 16 nitrogen and oxygen atoms in total. The van der Waals surface area contributed by atoms with E-state index < -0.39 is 132 Å². The maximum Gasteiger partial charge on any atom is 0.338 e. The zero-order chi connectivity index (χ0) is 51.9. The lowest BCUT2D eigenvalue weighted by Crippen LogP contribution is -2.62. The third-order valence-corrected chi connectivity index (χ3v) is 14.7. The van der Waals surface area contributed by atoms with Crippen molar-refractivity contribution in [2.75, 3.05) is 27.8 Å². The van der Waals surface area contributed by atoms with E-state index in [0.717, 1.165) is 0 Å². The van der Waals surface area contributed by atoms with Crippen LogP contribution in [0, 0.1) is 36.0 Å². The lowest BCUT2D eigenvalue weighted by atomic mass is 9.73. The third kappa shape index (κ3) is 12.8. The number of ether oxygens (including phenoxy) is 9. The molecule has 0 saturated carbocycles. The standard InChI is InChI=1S/C54H77NO15/c1-15-27-63-53(10)29-31(3)42(56)33(5)45(57)54(11,61)40(16-2)66-48(58)35(7)43(67-41-30-52(9,62-14)47(36(8)65-41)69-50(60)38-25-21-18-22-26-38)34(6)46(53)70-51-44(39(55(12)13)28-32(4)64-51)68-49(59)37-23-19-17-20-24-37/h1,17-26,31-36,39-41,43-47,51,57,61H,16,27-30H2,2-14H3/t31-,32-,33-,34+,35-,36+,39+,40+,41+,43+,44-,45-,46-,47+,51+,52-,53+,54-/m1/s1. The molecule has 2 N–H and O–H groups in total. The van der Waals surface area contributed by atoms with Crippen LogP contribution in [0.1, 0.15) is 116 Å². The van der Waals surface area contributed by atoms with Crippen LogP contribution in [0.15, 0.2) is 60.7 Å². The van der Waals surface area contributed by atoms with Gasteiger partial charge in [-0.25, -0.2) is 9.59 Å². The second-order valence-corrected chi connectivity index (χ2v) is 20.4. The summed E-state index contributed by atoms with van der Waals surface area (Å²) in [6.45, 7) is 16.6. The molecule has 70 heavy (non-hydrogen) atoms. The van der Waals surface area contributed by atoms with Gasteiger partial charge < -0.3 is 57.7 Å². The fourth-order valence-corrected chi connectivity index (χ4v) is 10.6. The number of benzene rings is 2. The van der Waals surface area contributed by atoms with Gasteiger partial charge in [-0.1, -0.05) is 70.0 Å². The molecule has 5 rings (SSSR count). The van der Waals surface area contributed by atoms with Crippen molar-refractivity contribution < 1.29 is 72.0 Å². The summed E-state index contributed by atoms with van der Waals surface area (Å²) in [5.41, 5.74) is -4.06. The number of aliphatic hydroxyl groups is 2. The number of nitrogens with zero attached hydrogens (tertiary/aromatic N) is 1. The lowest BCUT2D eigenvalue weighted by Gasteiger charge is -2.50. The second kappa shape index (κ2) is 24.0. The number of methoxy groups -OCH3 is 1. The lowest BCUT2D eigenvalue weighted by molar-refractivity contribution is -0.319. The normalized spacial score (nSPS) is 39.0. The smallest absolute Gasteiger partial charge is 0.338 e. The van der Waals surface area contributed by atoms with E-state index in [4.69, 9.17) is 49.1 Å².